The van der Waals surface area contributed by atoms with Gasteiger partial charge in [0.1, 0.15) is 11.6 Å². The van der Waals surface area contributed by atoms with Crippen LogP contribution in [0.2, 0.25) is 0 Å². The fourth-order valence-electron chi connectivity index (χ4n) is 5.01. The SMILES string of the molecule is C[C@@H]1CN(c2cc(S(=O)(=O)NC3(CF)CC3)cn3c(-c4nnc(C(F)F)s4)ncc23)CCN1C(=O)C1(C)CC1. The number of carbonyl (C=O) groups excluding carboxylic acids is 1. The number of anilines is 1. The van der Waals surface area contributed by atoms with Gasteiger partial charge in [0.25, 0.3) is 6.43 Å². The predicted molar refractivity (Wildman–Crippen MR) is 138 cm³/mol. The first kappa shape index (κ1) is 26.4. The third-order valence-electron chi connectivity index (χ3n) is 7.93. The Morgan fingerprint density at radius 1 is 1.23 bits per heavy atom. The van der Waals surface area contributed by atoms with Gasteiger partial charge >= 0.3 is 0 Å². The number of rotatable bonds is 8. The number of fused-ring (bicyclic) bond motifs is 1. The second kappa shape index (κ2) is 9.13. The van der Waals surface area contributed by atoms with Crippen LogP contribution in [0.4, 0.5) is 18.9 Å². The molecular formula is C24H28F3N7O3S2. The summed E-state index contributed by atoms with van der Waals surface area (Å²) in [7, 11) is -4.14. The third-order valence-corrected chi connectivity index (χ3v) is 10.4. The second-order valence-corrected chi connectivity index (χ2v) is 13.7. The average Bonchev–Trinajstić information content (AvgIpc) is 3.71. The minimum absolute atomic E-state index is 0.112. The van der Waals surface area contributed by atoms with Gasteiger partial charge in [-0.25, -0.2) is 31.3 Å². The highest BCUT2D eigenvalue weighted by molar-refractivity contribution is 7.89. The lowest BCUT2D eigenvalue weighted by Crippen LogP contribution is -2.55. The zero-order valence-electron chi connectivity index (χ0n) is 21.4. The van der Waals surface area contributed by atoms with E-state index >= 15 is 0 Å². The van der Waals surface area contributed by atoms with Crippen LogP contribution < -0.4 is 9.62 Å². The van der Waals surface area contributed by atoms with Gasteiger partial charge in [-0.05, 0) is 38.7 Å². The molecule has 0 radical (unpaired) electrons. The Labute approximate surface area is 227 Å². The summed E-state index contributed by atoms with van der Waals surface area (Å²) >= 11 is 0.676. The molecule has 4 heterocycles. The van der Waals surface area contributed by atoms with Gasteiger partial charge in [-0.1, -0.05) is 18.3 Å². The lowest BCUT2D eigenvalue weighted by Gasteiger charge is -2.42. The van der Waals surface area contributed by atoms with E-state index in [2.05, 4.69) is 19.9 Å². The second-order valence-electron chi connectivity index (χ2n) is 11.0. The number of nitrogens with one attached hydrogen (secondary N) is 1. The molecule has 0 spiro atoms. The Kier molecular flexibility index (Phi) is 6.19. The number of pyridine rings is 1. The number of hydrogen-bond acceptors (Lipinski definition) is 8. The van der Waals surface area contributed by atoms with Crippen molar-refractivity contribution in [2.24, 2.45) is 5.41 Å². The van der Waals surface area contributed by atoms with E-state index < -0.39 is 33.7 Å². The van der Waals surface area contributed by atoms with Crippen molar-refractivity contribution in [3.8, 4) is 10.8 Å². The van der Waals surface area contributed by atoms with Crippen LogP contribution in [0.15, 0.2) is 23.4 Å². The monoisotopic (exact) mass is 583 g/mol. The molecule has 15 heteroatoms. The van der Waals surface area contributed by atoms with E-state index in [9.17, 15) is 26.4 Å². The third kappa shape index (κ3) is 4.67. The first-order chi connectivity index (χ1) is 18.5. The van der Waals surface area contributed by atoms with E-state index in [1.807, 2.05) is 23.6 Å². The molecule has 6 rings (SSSR count). The number of hydrogen-bond donors (Lipinski definition) is 1. The molecular weight excluding hydrogens is 555 g/mol. The summed E-state index contributed by atoms with van der Waals surface area (Å²) in [4.78, 5) is 21.2. The maximum Gasteiger partial charge on any atom is 0.291 e. The van der Waals surface area contributed by atoms with Crippen LogP contribution in [-0.2, 0) is 14.8 Å². The first-order valence-electron chi connectivity index (χ1n) is 12.7. The Balaban J connectivity index is 1.41. The topological polar surface area (TPSA) is 113 Å². The zero-order valence-corrected chi connectivity index (χ0v) is 23.0. The maximum absolute atomic E-state index is 13.6. The molecule has 0 unspecified atom stereocenters. The van der Waals surface area contributed by atoms with Gasteiger partial charge < -0.3 is 9.80 Å². The number of piperazine rings is 1. The van der Waals surface area contributed by atoms with Crippen molar-refractivity contribution < 1.29 is 26.4 Å². The van der Waals surface area contributed by atoms with Gasteiger partial charge in [0.15, 0.2) is 15.8 Å². The highest BCUT2D eigenvalue weighted by Crippen LogP contribution is 2.47. The number of nitrogens with zero attached hydrogens (tertiary/aromatic N) is 6. The van der Waals surface area contributed by atoms with Gasteiger partial charge in [0, 0.05) is 37.3 Å². The molecule has 10 nitrogen and oxygen atoms in total. The molecule has 1 amide bonds. The molecule has 1 N–H and O–H groups in total. The van der Waals surface area contributed by atoms with Crippen LogP contribution in [0.5, 0.6) is 0 Å². The van der Waals surface area contributed by atoms with Gasteiger partial charge in [-0.2, -0.15) is 0 Å². The lowest BCUT2D eigenvalue weighted by molar-refractivity contribution is -0.138. The molecule has 1 saturated heterocycles. The van der Waals surface area contributed by atoms with Gasteiger partial charge in [0.05, 0.1) is 22.9 Å². The predicted octanol–water partition coefficient (Wildman–Crippen LogP) is 3.41. The number of sulfonamides is 1. The number of amides is 1. The van der Waals surface area contributed by atoms with E-state index in [4.69, 9.17) is 0 Å². The van der Waals surface area contributed by atoms with Crippen LogP contribution in [-0.4, -0.2) is 76.7 Å². The van der Waals surface area contributed by atoms with Crippen molar-refractivity contribution in [1.82, 2.24) is 29.2 Å². The largest absolute Gasteiger partial charge is 0.366 e. The quantitative estimate of drug-likeness (QED) is 0.433. The molecule has 2 saturated carbocycles. The first-order valence-corrected chi connectivity index (χ1v) is 15.0. The van der Waals surface area contributed by atoms with Crippen LogP contribution >= 0.6 is 11.3 Å². The Morgan fingerprint density at radius 3 is 2.56 bits per heavy atom. The standard InChI is InChI=1S/C24H28F3N7O3S2/c1-14-11-32(7-8-33(14)22(35)23(2)3-4-23)16-9-15(39(36,37)31-24(13-25)5-6-24)12-34-17(16)10-28-19(34)21-30-29-20(38-21)18(26)27/h9-10,12,14,18,31H,3-8,11,13H2,1-2H3/t14-/m1/s1. The molecule has 0 bridgehead atoms. The number of alkyl halides is 3. The van der Waals surface area contributed by atoms with E-state index in [0.717, 1.165) is 12.8 Å². The molecule has 3 aromatic heterocycles. The molecule has 1 aliphatic heterocycles. The van der Waals surface area contributed by atoms with Gasteiger partial charge in [-0.3, -0.25) is 9.20 Å². The van der Waals surface area contributed by atoms with Gasteiger partial charge in [-0.15, -0.1) is 10.2 Å². The van der Waals surface area contributed by atoms with Crippen LogP contribution in [0.1, 0.15) is 51.0 Å². The number of carbonyl (C=O) groups is 1. The molecule has 0 aromatic carbocycles. The maximum atomic E-state index is 13.6. The minimum Gasteiger partial charge on any atom is -0.366 e. The average molecular weight is 584 g/mol. The van der Waals surface area contributed by atoms with E-state index in [1.54, 1.807) is 0 Å². The Bertz CT molecular complexity index is 1550. The molecule has 210 valence electrons. The summed E-state index contributed by atoms with van der Waals surface area (Å²) < 4.78 is 70.8. The summed E-state index contributed by atoms with van der Waals surface area (Å²) in [5, 5.41) is 7.03. The summed E-state index contributed by atoms with van der Waals surface area (Å²) in [6, 6.07) is 1.40. The van der Waals surface area contributed by atoms with Crippen molar-refractivity contribution >= 4 is 38.5 Å². The molecule has 2 aliphatic carbocycles. The summed E-state index contributed by atoms with van der Waals surface area (Å²) in [5.74, 6) is 0.307. The Hall–Kier alpha value is -2.78. The van der Waals surface area contributed by atoms with Crippen molar-refractivity contribution in [1.29, 1.82) is 0 Å². The van der Waals surface area contributed by atoms with Crippen molar-refractivity contribution in [3.63, 3.8) is 0 Å². The van der Waals surface area contributed by atoms with Crippen LogP contribution in [0.25, 0.3) is 16.3 Å². The highest BCUT2D eigenvalue weighted by atomic mass is 32.2. The molecule has 3 aromatic rings. The normalized spacial score (nSPS) is 22.1. The van der Waals surface area contributed by atoms with Gasteiger partial charge in [0.2, 0.25) is 15.9 Å². The van der Waals surface area contributed by atoms with Crippen LogP contribution in [0, 0.1) is 5.41 Å². The zero-order chi connectivity index (χ0) is 27.7. The number of halogens is 3. The van der Waals surface area contributed by atoms with E-state index in [0.29, 0.717) is 55.0 Å². The number of aromatic nitrogens is 4. The summed E-state index contributed by atoms with van der Waals surface area (Å²) in [6.07, 6.45) is 2.65. The number of imidazole rings is 1. The smallest absolute Gasteiger partial charge is 0.291 e. The molecule has 1 atom stereocenters. The van der Waals surface area contributed by atoms with E-state index in [-0.39, 0.29) is 33.1 Å². The minimum atomic E-state index is -4.14. The summed E-state index contributed by atoms with van der Waals surface area (Å²) in [6.45, 7) is 4.51. The molecule has 3 aliphatic rings. The lowest BCUT2D eigenvalue weighted by atomic mass is 10.0. The van der Waals surface area contributed by atoms with Crippen molar-refractivity contribution in [2.75, 3.05) is 31.2 Å². The fourth-order valence-corrected chi connectivity index (χ4v) is 7.16. The highest BCUT2D eigenvalue weighted by Gasteiger charge is 2.49. The molecule has 39 heavy (non-hydrogen) atoms. The fraction of sp³-hybridized carbons (Fsp3) is 0.583. The Morgan fingerprint density at radius 2 is 1.97 bits per heavy atom. The van der Waals surface area contributed by atoms with Crippen molar-refractivity contribution in [3.05, 3.63) is 23.5 Å². The van der Waals surface area contributed by atoms with Crippen LogP contribution in [0.3, 0.4) is 0 Å². The van der Waals surface area contributed by atoms with E-state index in [1.165, 1.54) is 22.9 Å². The van der Waals surface area contributed by atoms with Crippen molar-refractivity contribution in [2.45, 2.75) is 62.4 Å². The summed E-state index contributed by atoms with van der Waals surface area (Å²) in [5.41, 5.74) is -0.295. The molecule has 3 fully saturated rings.